The number of benzene rings is 1. The molecule has 1 aromatic carbocycles. The van der Waals surface area contributed by atoms with Gasteiger partial charge in [0.05, 0.1) is 32.1 Å². The fourth-order valence-electron chi connectivity index (χ4n) is 1.52. The summed E-state index contributed by atoms with van der Waals surface area (Å²) in [6.45, 7) is 0.687. The number of rotatable bonds is 7. The highest BCUT2D eigenvalue weighted by Crippen LogP contribution is 2.13. The van der Waals surface area contributed by atoms with Gasteiger partial charge in [0.2, 0.25) is 5.91 Å². The van der Waals surface area contributed by atoms with Gasteiger partial charge in [-0.3, -0.25) is 4.79 Å². The molecule has 0 atom stereocenters. The van der Waals surface area contributed by atoms with E-state index in [0.29, 0.717) is 18.7 Å². The number of nitriles is 1. The van der Waals surface area contributed by atoms with E-state index < -0.39 is 0 Å². The number of aliphatic hydroxyl groups excluding tert-OH is 1. The normalized spacial score (nSPS) is 9.74. The smallest absolute Gasteiger partial charge is 0.225 e. The van der Waals surface area contributed by atoms with E-state index in [-0.39, 0.29) is 25.5 Å². The van der Waals surface area contributed by atoms with E-state index in [1.807, 2.05) is 6.07 Å². The molecule has 19 heavy (non-hydrogen) atoms. The molecule has 1 N–H and O–H groups in total. The lowest BCUT2D eigenvalue weighted by Crippen LogP contribution is -2.28. The Hall–Kier alpha value is -2.06. The summed E-state index contributed by atoms with van der Waals surface area (Å²) in [6, 6.07) is 9.11. The predicted octanol–water partition coefficient (Wildman–Crippen LogP) is 1.32. The summed E-state index contributed by atoms with van der Waals surface area (Å²) < 4.78 is 5.45. The van der Waals surface area contributed by atoms with Gasteiger partial charge in [0.1, 0.15) is 5.75 Å². The van der Waals surface area contributed by atoms with Gasteiger partial charge in [-0.2, -0.15) is 5.26 Å². The molecule has 0 aromatic heterocycles. The van der Waals surface area contributed by atoms with E-state index in [1.165, 1.54) is 4.90 Å². The number of carbonyl (C=O) groups is 1. The fourth-order valence-corrected chi connectivity index (χ4v) is 1.52. The van der Waals surface area contributed by atoms with Crippen molar-refractivity contribution in [2.45, 2.75) is 19.4 Å². The SMILES string of the molecule is CN(CCC#N)C(=O)CCOc1cccc(CO)c1. The van der Waals surface area contributed by atoms with Crippen LogP contribution in [0.3, 0.4) is 0 Å². The molecular formula is C14H18N2O3. The first-order valence-corrected chi connectivity index (χ1v) is 6.11. The largest absolute Gasteiger partial charge is 0.493 e. The second-order valence-electron chi connectivity index (χ2n) is 4.13. The standard InChI is InChI=1S/C14H18N2O3/c1-16(8-3-7-15)14(18)6-9-19-13-5-2-4-12(10-13)11-17/h2,4-5,10,17H,3,6,8-9,11H2,1H3. The Balaban J connectivity index is 2.33. The van der Waals surface area contributed by atoms with Crippen molar-refractivity contribution in [2.75, 3.05) is 20.2 Å². The molecule has 5 nitrogen and oxygen atoms in total. The fraction of sp³-hybridized carbons (Fsp3) is 0.429. The number of hydrogen-bond donors (Lipinski definition) is 1. The Morgan fingerprint density at radius 3 is 3.00 bits per heavy atom. The van der Waals surface area contributed by atoms with Crippen LogP contribution >= 0.6 is 0 Å². The minimum Gasteiger partial charge on any atom is -0.493 e. The van der Waals surface area contributed by atoms with Crippen molar-refractivity contribution in [1.29, 1.82) is 5.26 Å². The first-order valence-electron chi connectivity index (χ1n) is 6.11. The van der Waals surface area contributed by atoms with Crippen LogP contribution in [0.1, 0.15) is 18.4 Å². The highest BCUT2D eigenvalue weighted by Gasteiger charge is 2.08. The molecule has 102 valence electrons. The van der Waals surface area contributed by atoms with Gasteiger partial charge in [0.25, 0.3) is 0 Å². The van der Waals surface area contributed by atoms with Crippen LogP contribution in [-0.4, -0.2) is 36.1 Å². The van der Waals surface area contributed by atoms with Crippen molar-refractivity contribution in [3.05, 3.63) is 29.8 Å². The zero-order valence-electron chi connectivity index (χ0n) is 11.0. The molecule has 0 fully saturated rings. The lowest BCUT2D eigenvalue weighted by atomic mass is 10.2. The minimum atomic E-state index is -0.0476. The van der Waals surface area contributed by atoms with Gasteiger partial charge >= 0.3 is 0 Å². The Bertz CT molecular complexity index is 454. The average Bonchev–Trinajstić information content (AvgIpc) is 2.44. The zero-order chi connectivity index (χ0) is 14.1. The van der Waals surface area contributed by atoms with Crippen LogP contribution in [-0.2, 0) is 11.4 Å². The average molecular weight is 262 g/mol. The highest BCUT2D eigenvalue weighted by molar-refractivity contribution is 5.75. The molecule has 0 aliphatic rings. The molecule has 1 amide bonds. The molecule has 0 spiro atoms. The van der Waals surface area contributed by atoms with E-state index in [4.69, 9.17) is 15.1 Å². The van der Waals surface area contributed by atoms with Gasteiger partial charge in [0, 0.05) is 13.6 Å². The summed E-state index contributed by atoms with van der Waals surface area (Å²) in [5, 5.41) is 17.4. The second kappa shape index (κ2) is 8.11. The van der Waals surface area contributed by atoms with E-state index in [0.717, 1.165) is 5.56 Å². The van der Waals surface area contributed by atoms with Crippen LogP contribution in [0.2, 0.25) is 0 Å². The second-order valence-corrected chi connectivity index (χ2v) is 4.13. The number of nitrogens with zero attached hydrogens (tertiary/aromatic N) is 2. The lowest BCUT2D eigenvalue weighted by Gasteiger charge is -2.15. The number of ether oxygens (including phenoxy) is 1. The molecule has 0 heterocycles. The summed E-state index contributed by atoms with van der Waals surface area (Å²) in [7, 11) is 1.67. The number of hydrogen-bond acceptors (Lipinski definition) is 4. The molecular weight excluding hydrogens is 244 g/mol. The summed E-state index contributed by atoms with van der Waals surface area (Å²) in [6.07, 6.45) is 0.604. The van der Waals surface area contributed by atoms with E-state index >= 15 is 0 Å². The monoisotopic (exact) mass is 262 g/mol. The first kappa shape index (κ1) is 15.0. The van der Waals surface area contributed by atoms with Crippen molar-refractivity contribution in [1.82, 2.24) is 4.90 Å². The Morgan fingerprint density at radius 1 is 1.53 bits per heavy atom. The maximum atomic E-state index is 11.7. The van der Waals surface area contributed by atoms with Crippen LogP contribution in [0, 0.1) is 11.3 Å². The maximum Gasteiger partial charge on any atom is 0.225 e. The molecule has 0 radical (unpaired) electrons. The number of amides is 1. The summed E-state index contributed by atoms with van der Waals surface area (Å²) in [5.41, 5.74) is 0.773. The van der Waals surface area contributed by atoms with Crippen molar-refractivity contribution in [3.63, 3.8) is 0 Å². The van der Waals surface area contributed by atoms with Crippen molar-refractivity contribution < 1.29 is 14.6 Å². The van der Waals surface area contributed by atoms with E-state index in [1.54, 1.807) is 31.3 Å². The Morgan fingerprint density at radius 2 is 2.32 bits per heavy atom. The van der Waals surface area contributed by atoms with Crippen molar-refractivity contribution in [3.8, 4) is 11.8 Å². The molecule has 0 bridgehead atoms. The minimum absolute atomic E-state index is 0.0347. The summed E-state index contributed by atoms with van der Waals surface area (Å²) >= 11 is 0. The topological polar surface area (TPSA) is 73.6 Å². The maximum absolute atomic E-state index is 11.7. The highest BCUT2D eigenvalue weighted by atomic mass is 16.5. The van der Waals surface area contributed by atoms with E-state index in [2.05, 4.69) is 0 Å². The summed E-state index contributed by atoms with van der Waals surface area (Å²) in [5.74, 6) is 0.590. The van der Waals surface area contributed by atoms with Gasteiger partial charge in [-0.15, -0.1) is 0 Å². The third-order valence-electron chi connectivity index (χ3n) is 2.65. The molecule has 1 aromatic rings. The van der Waals surface area contributed by atoms with Gasteiger partial charge in [-0.05, 0) is 17.7 Å². The predicted molar refractivity (Wildman–Crippen MR) is 70.3 cm³/mol. The number of aliphatic hydroxyl groups is 1. The third-order valence-corrected chi connectivity index (χ3v) is 2.65. The van der Waals surface area contributed by atoms with Crippen molar-refractivity contribution >= 4 is 5.91 Å². The van der Waals surface area contributed by atoms with Crippen LogP contribution in [0.4, 0.5) is 0 Å². The number of carbonyl (C=O) groups excluding carboxylic acids is 1. The molecule has 0 aliphatic heterocycles. The lowest BCUT2D eigenvalue weighted by molar-refractivity contribution is -0.130. The molecule has 1 rings (SSSR count). The quantitative estimate of drug-likeness (QED) is 0.804. The van der Waals surface area contributed by atoms with Crippen LogP contribution < -0.4 is 4.74 Å². The molecule has 0 saturated carbocycles. The van der Waals surface area contributed by atoms with Crippen LogP contribution in [0.5, 0.6) is 5.75 Å². The van der Waals surface area contributed by atoms with Gasteiger partial charge in [0.15, 0.2) is 0 Å². The molecule has 5 heteroatoms. The Kier molecular flexibility index (Phi) is 6.41. The zero-order valence-corrected chi connectivity index (χ0v) is 11.0. The van der Waals surface area contributed by atoms with Crippen molar-refractivity contribution in [2.24, 2.45) is 0 Å². The summed E-state index contributed by atoms with van der Waals surface area (Å²) in [4.78, 5) is 13.2. The van der Waals surface area contributed by atoms with Gasteiger partial charge < -0.3 is 14.7 Å². The molecule has 0 unspecified atom stereocenters. The first-order chi connectivity index (χ1) is 9.17. The Labute approximate surface area is 113 Å². The van der Waals surface area contributed by atoms with Crippen LogP contribution in [0.25, 0.3) is 0 Å². The molecule has 0 aliphatic carbocycles. The van der Waals surface area contributed by atoms with Gasteiger partial charge in [-0.25, -0.2) is 0 Å². The molecule has 0 saturated heterocycles. The third kappa shape index (κ3) is 5.40. The van der Waals surface area contributed by atoms with Gasteiger partial charge in [-0.1, -0.05) is 12.1 Å². The van der Waals surface area contributed by atoms with Crippen LogP contribution in [0.15, 0.2) is 24.3 Å². The van der Waals surface area contributed by atoms with E-state index in [9.17, 15) is 4.79 Å².